The number of aliphatic hydroxyl groups is 1. The third-order valence-electron chi connectivity index (χ3n) is 4.81. The molecule has 0 bridgehead atoms. The van der Waals surface area contributed by atoms with Crippen LogP contribution in [0.2, 0.25) is 0 Å². The Morgan fingerprint density at radius 2 is 1.81 bits per heavy atom. The molecule has 1 saturated carbocycles. The zero-order chi connectivity index (χ0) is 19.2. The number of nitro groups is 1. The van der Waals surface area contributed by atoms with Crippen molar-refractivity contribution in [2.45, 2.75) is 44.4 Å². The van der Waals surface area contributed by atoms with Gasteiger partial charge in [-0.25, -0.2) is 0 Å². The summed E-state index contributed by atoms with van der Waals surface area (Å²) in [5.74, 6) is -0.360. The second-order valence-corrected chi connectivity index (χ2v) is 6.81. The summed E-state index contributed by atoms with van der Waals surface area (Å²) in [6.07, 6.45) is 2.74. The summed E-state index contributed by atoms with van der Waals surface area (Å²) in [6, 6.07) is 13.9. The van der Waals surface area contributed by atoms with E-state index in [0.29, 0.717) is 25.1 Å². The van der Waals surface area contributed by atoms with Crippen molar-refractivity contribution in [2.75, 3.05) is 5.32 Å². The fourth-order valence-electron chi connectivity index (χ4n) is 3.27. The zero-order valence-electron chi connectivity index (χ0n) is 14.9. The first-order valence-electron chi connectivity index (χ1n) is 9.08. The minimum absolute atomic E-state index is 0.121. The van der Waals surface area contributed by atoms with E-state index < -0.39 is 4.92 Å². The minimum atomic E-state index is -0.505. The van der Waals surface area contributed by atoms with E-state index in [9.17, 15) is 20.0 Å². The van der Waals surface area contributed by atoms with Crippen molar-refractivity contribution in [1.82, 2.24) is 5.32 Å². The normalized spacial score (nSPS) is 19.3. The molecule has 7 heteroatoms. The molecule has 3 rings (SSSR count). The highest BCUT2D eigenvalue weighted by Crippen LogP contribution is 2.27. The maximum Gasteiger partial charge on any atom is 0.270 e. The number of carbonyl (C=O) groups excluding carboxylic acids is 1. The third-order valence-corrected chi connectivity index (χ3v) is 4.81. The van der Waals surface area contributed by atoms with E-state index in [1.54, 1.807) is 6.07 Å². The van der Waals surface area contributed by atoms with Gasteiger partial charge in [0.1, 0.15) is 0 Å². The summed E-state index contributed by atoms with van der Waals surface area (Å²) >= 11 is 0. The molecule has 1 fully saturated rings. The molecule has 0 aliphatic heterocycles. The van der Waals surface area contributed by atoms with Crippen molar-refractivity contribution in [1.29, 1.82) is 0 Å². The lowest BCUT2D eigenvalue weighted by Crippen LogP contribution is -2.30. The largest absolute Gasteiger partial charge is 0.393 e. The first-order chi connectivity index (χ1) is 13.0. The van der Waals surface area contributed by atoms with Gasteiger partial charge in [-0.1, -0.05) is 30.3 Å². The predicted molar refractivity (Wildman–Crippen MR) is 103 cm³/mol. The van der Waals surface area contributed by atoms with Crippen LogP contribution in [0.4, 0.5) is 11.4 Å². The van der Waals surface area contributed by atoms with Crippen LogP contribution in [0.3, 0.4) is 0 Å². The molecule has 1 aliphatic carbocycles. The molecular weight excluding hydrogens is 346 g/mol. The SMILES string of the molecule is O=C(NCc1ccccc1)c1cc([N+](=O)[O-])ccc1NC1CCC(O)CC1. The molecule has 0 unspecified atom stereocenters. The molecule has 2 aromatic rings. The first kappa shape index (κ1) is 18.8. The topological polar surface area (TPSA) is 104 Å². The van der Waals surface area contributed by atoms with E-state index in [1.165, 1.54) is 12.1 Å². The second kappa shape index (κ2) is 8.64. The lowest BCUT2D eigenvalue weighted by molar-refractivity contribution is -0.384. The van der Waals surface area contributed by atoms with Crippen LogP contribution in [0.1, 0.15) is 41.6 Å². The molecule has 7 nitrogen and oxygen atoms in total. The molecule has 2 aromatic carbocycles. The highest BCUT2D eigenvalue weighted by molar-refractivity contribution is 6.00. The predicted octanol–water partition coefficient (Wildman–Crippen LogP) is 3.24. The van der Waals surface area contributed by atoms with Crippen molar-refractivity contribution < 1.29 is 14.8 Å². The van der Waals surface area contributed by atoms with Gasteiger partial charge >= 0.3 is 0 Å². The van der Waals surface area contributed by atoms with Crippen LogP contribution in [0.5, 0.6) is 0 Å². The molecular formula is C20H23N3O4. The van der Waals surface area contributed by atoms with Gasteiger partial charge in [-0.05, 0) is 37.3 Å². The van der Waals surface area contributed by atoms with Crippen LogP contribution >= 0.6 is 0 Å². The monoisotopic (exact) mass is 369 g/mol. The number of hydrogen-bond donors (Lipinski definition) is 3. The maximum atomic E-state index is 12.7. The second-order valence-electron chi connectivity index (χ2n) is 6.81. The summed E-state index contributed by atoms with van der Waals surface area (Å²) in [5, 5.41) is 26.9. The number of benzene rings is 2. The van der Waals surface area contributed by atoms with Crippen LogP contribution in [0, 0.1) is 10.1 Å². The van der Waals surface area contributed by atoms with Gasteiger partial charge in [0.05, 0.1) is 16.6 Å². The van der Waals surface area contributed by atoms with Crippen molar-refractivity contribution in [2.24, 2.45) is 0 Å². The fraction of sp³-hybridized carbons (Fsp3) is 0.350. The maximum absolute atomic E-state index is 12.7. The lowest BCUT2D eigenvalue weighted by atomic mass is 9.92. The minimum Gasteiger partial charge on any atom is -0.393 e. The Balaban J connectivity index is 1.76. The van der Waals surface area contributed by atoms with Crippen molar-refractivity contribution >= 4 is 17.3 Å². The van der Waals surface area contributed by atoms with Gasteiger partial charge < -0.3 is 15.7 Å². The van der Waals surface area contributed by atoms with E-state index >= 15 is 0 Å². The number of aliphatic hydroxyl groups excluding tert-OH is 1. The van der Waals surface area contributed by atoms with E-state index in [4.69, 9.17) is 0 Å². The number of nitrogens with one attached hydrogen (secondary N) is 2. The molecule has 0 atom stereocenters. The molecule has 1 aliphatic rings. The molecule has 0 spiro atoms. The van der Waals surface area contributed by atoms with Crippen LogP contribution in [0.25, 0.3) is 0 Å². The van der Waals surface area contributed by atoms with Gasteiger partial charge in [0.2, 0.25) is 0 Å². The fourth-order valence-corrected chi connectivity index (χ4v) is 3.27. The molecule has 0 heterocycles. The average Bonchev–Trinajstić information content (AvgIpc) is 2.69. The van der Waals surface area contributed by atoms with Gasteiger partial charge in [0.15, 0.2) is 0 Å². The Kier molecular flexibility index (Phi) is 6.03. The number of hydrogen-bond acceptors (Lipinski definition) is 5. The van der Waals surface area contributed by atoms with Crippen LogP contribution in [0.15, 0.2) is 48.5 Å². The van der Waals surface area contributed by atoms with E-state index in [1.807, 2.05) is 30.3 Å². The molecule has 0 radical (unpaired) electrons. The Morgan fingerprint density at radius 3 is 2.48 bits per heavy atom. The Bertz CT molecular complexity index is 802. The van der Waals surface area contributed by atoms with E-state index in [0.717, 1.165) is 18.4 Å². The quantitative estimate of drug-likeness (QED) is 0.536. The Hall–Kier alpha value is -2.93. The number of carbonyl (C=O) groups is 1. The van der Waals surface area contributed by atoms with E-state index in [2.05, 4.69) is 10.6 Å². The van der Waals surface area contributed by atoms with Crippen molar-refractivity contribution in [3.05, 3.63) is 69.8 Å². The molecule has 0 saturated heterocycles. The van der Waals surface area contributed by atoms with Crippen LogP contribution < -0.4 is 10.6 Å². The summed E-state index contributed by atoms with van der Waals surface area (Å²) in [6.45, 7) is 0.345. The Labute approximate surface area is 157 Å². The lowest BCUT2D eigenvalue weighted by Gasteiger charge is -2.27. The van der Waals surface area contributed by atoms with Gasteiger partial charge in [0, 0.05) is 30.4 Å². The van der Waals surface area contributed by atoms with Crippen LogP contribution in [-0.4, -0.2) is 28.1 Å². The Morgan fingerprint density at radius 1 is 1.11 bits per heavy atom. The summed E-state index contributed by atoms with van der Waals surface area (Å²) in [7, 11) is 0. The molecule has 1 amide bonds. The zero-order valence-corrected chi connectivity index (χ0v) is 14.9. The third kappa shape index (κ3) is 5.04. The van der Waals surface area contributed by atoms with Crippen molar-refractivity contribution in [3.8, 4) is 0 Å². The molecule has 0 aromatic heterocycles. The number of anilines is 1. The van der Waals surface area contributed by atoms with Gasteiger partial charge in [-0.2, -0.15) is 0 Å². The van der Waals surface area contributed by atoms with Gasteiger partial charge in [-0.3, -0.25) is 14.9 Å². The molecule has 3 N–H and O–H groups in total. The first-order valence-corrected chi connectivity index (χ1v) is 9.08. The molecule has 142 valence electrons. The highest BCUT2D eigenvalue weighted by atomic mass is 16.6. The number of amides is 1. The molecule has 27 heavy (non-hydrogen) atoms. The summed E-state index contributed by atoms with van der Waals surface area (Å²) in [4.78, 5) is 23.3. The van der Waals surface area contributed by atoms with E-state index in [-0.39, 0.29) is 29.3 Å². The number of nitro benzene ring substituents is 1. The average molecular weight is 369 g/mol. The smallest absolute Gasteiger partial charge is 0.270 e. The number of nitrogens with zero attached hydrogens (tertiary/aromatic N) is 1. The summed E-state index contributed by atoms with van der Waals surface area (Å²) in [5.41, 5.74) is 1.66. The van der Waals surface area contributed by atoms with Crippen molar-refractivity contribution in [3.63, 3.8) is 0 Å². The highest BCUT2D eigenvalue weighted by Gasteiger charge is 2.22. The standard InChI is InChI=1S/C20H23N3O4/c24-17-9-6-15(7-10-17)22-19-11-8-16(23(26)27)12-18(19)20(25)21-13-14-4-2-1-3-5-14/h1-5,8,11-12,15,17,22,24H,6-7,9-10,13H2,(H,21,25). The van der Waals surface area contributed by atoms with Crippen LogP contribution in [-0.2, 0) is 6.54 Å². The van der Waals surface area contributed by atoms with Gasteiger partial charge in [-0.15, -0.1) is 0 Å². The number of non-ortho nitro benzene ring substituents is 1. The van der Waals surface area contributed by atoms with Gasteiger partial charge in [0.25, 0.3) is 11.6 Å². The number of rotatable bonds is 6. The summed E-state index contributed by atoms with van der Waals surface area (Å²) < 4.78 is 0.